The van der Waals surface area contributed by atoms with Crippen LogP contribution in [0.25, 0.3) is 0 Å². The van der Waals surface area contributed by atoms with Crippen molar-refractivity contribution in [3.05, 3.63) is 35.9 Å². The molecule has 0 bridgehead atoms. The van der Waals surface area contributed by atoms with Crippen LogP contribution < -0.4 is 5.32 Å². The van der Waals surface area contributed by atoms with Crippen LogP contribution in [-0.2, 0) is 25.5 Å². The molecule has 2 amide bonds. The molecule has 1 aromatic carbocycles. The molecule has 1 unspecified atom stereocenters. The number of benzene rings is 1. The van der Waals surface area contributed by atoms with Gasteiger partial charge in [-0.2, -0.15) is 0 Å². The van der Waals surface area contributed by atoms with E-state index in [1.54, 1.807) is 26.0 Å². The topological polar surface area (TPSA) is 113 Å². The maximum atomic E-state index is 12.8. The first-order valence-electron chi connectivity index (χ1n) is 10.0. The zero-order valence-corrected chi connectivity index (χ0v) is 18.0. The van der Waals surface area contributed by atoms with Gasteiger partial charge >= 0.3 is 11.3 Å². The summed E-state index contributed by atoms with van der Waals surface area (Å²) < 4.78 is 4.85. The number of hydrogen-bond donors (Lipinski definition) is 2. The summed E-state index contributed by atoms with van der Waals surface area (Å²) in [6.45, 7) is 4.12. The normalized spacial score (nSPS) is 17.8. The average molecular weight is 437 g/mol. The molecule has 0 saturated carbocycles. The highest BCUT2D eigenvalue weighted by molar-refractivity contribution is 8.13. The van der Waals surface area contributed by atoms with E-state index in [1.165, 1.54) is 4.90 Å². The summed E-state index contributed by atoms with van der Waals surface area (Å²) in [7, 11) is 0. The SMILES string of the molecule is CCOC(=O)SCC(C)C(=O)N1CCC[C@H]1C(=O)N[C@@H](Cc1ccccc1)C(=O)O. The monoisotopic (exact) mass is 436 g/mol. The van der Waals surface area contributed by atoms with Crippen LogP contribution in [-0.4, -0.2) is 64.1 Å². The third-order valence-corrected chi connectivity index (χ3v) is 5.89. The summed E-state index contributed by atoms with van der Waals surface area (Å²) in [5, 5.41) is 11.7. The van der Waals surface area contributed by atoms with Crippen LogP contribution in [0.1, 0.15) is 32.3 Å². The molecule has 9 heteroatoms. The molecule has 1 aliphatic heterocycles. The van der Waals surface area contributed by atoms with Crippen molar-refractivity contribution >= 4 is 34.8 Å². The minimum atomic E-state index is -1.12. The maximum Gasteiger partial charge on any atom is 0.367 e. The van der Waals surface area contributed by atoms with Crippen LogP contribution in [0, 0.1) is 5.92 Å². The molecular formula is C21H28N2O6S. The predicted molar refractivity (Wildman–Crippen MR) is 113 cm³/mol. The lowest BCUT2D eigenvalue weighted by molar-refractivity contribution is -0.144. The molecule has 1 saturated heterocycles. The van der Waals surface area contributed by atoms with Crippen molar-refractivity contribution in [2.24, 2.45) is 5.92 Å². The summed E-state index contributed by atoms with van der Waals surface area (Å²) in [5.74, 6) is -2.02. The molecular weight excluding hydrogens is 408 g/mol. The number of ether oxygens (including phenoxy) is 1. The third kappa shape index (κ3) is 6.76. The number of carbonyl (C=O) groups is 4. The minimum Gasteiger partial charge on any atom is -0.480 e. The van der Waals surface area contributed by atoms with Gasteiger partial charge in [-0.05, 0) is 37.1 Å². The van der Waals surface area contributed by atoms with Gasteiger partial charge in [0.1, 0.15) is 12.1 Å². The Balaban J connectivity index is 1.97. The van der Waals surface area contributed by atoms with E-state index in [1.807, 2.05) is 18.2 Å². The van der Waals surface area contributed by atoms with Crippen molar-refractivity contribution in [2.45, 2.75) is 45.2 Å². The number of carbonyl (C=O) groups excluding carboxylic acids is 3. The zero-order chi connectivity index (χ0) is 22.1. The Bertz CT molecular complexity index is 757. The number of carboxylic acids is 1. The van der Waals surface area contributed by atoms with Crippen LogP contribution >= 0.6 is 11.8 Å². The second-order valence-corrected chi connectivity index (χ2v) is 8.13. The van der Waals surface area contributed by atoms with Crippen molar-refractivity contribution in [1.29, 1.82) is 0 Å². The fourth-order valence-corrected chi connectivity index (χ4v) is 4.06. The molecule has 0 spiro atoms. The van der Waals surface area contributed by atoms with Gasteiger partial charge in [-0.25, -0.2) is 9.59 Å². The Morgan fingerprint density at radius 3 is 2.60 bits per heavy atom. The van der Waals surface area contributed by atoms with Gasteiger partial charge in [-0.15, -0.1) is 0 Å². The van der Waals surface area contributed by atoms with Crippen molar-refractivity contribution in [1.82, 2.24) is 10.2 Å². The number of hydrogen-bond acceptors (Lipinski definition) is 6. The number of rotatable bonds is 9. The van der Waals surface area contributed by atoms with Crippen LogP contribution in [0.5, 0.6) is 0 Å². The van der Waals surface area contributed by atoms with Crippen molar-refractivity contribution in [3.8, 4) is 0 Å². The first kappa shape index (κ1) is 23.7. The van der Waals surface area contributed by atoms with Crippen LogP contribution in [0.15, 0.2) is 30.3 Å². The quantitative estimate of drug-likeness (QED) is 0.571. The van der Waals surface area contributed by atoms with Gasteiger partial charge in [-0.1, -0.05) is 37.3 Å². The first-order valence-corrected chi connectivity index (χ1v) is 11.0. The molecule has 1 heterocycles. The van der Waals surface area contributed by atoms with Gasteiger partial charge in [0, 0.05) is 24.6 Å². The molecule has 3 atom stereocenters. The fraction of sp³-hybridized carbons (Fsp3) is 0.524. The number of amides is 2. The summed E-state index contributed by atoms with van der Waals surface area (Å²) >= 11 is 0.935. The Labute approximate surface area is 180 Å². The number of likely N-dealkylation sites (tertiary alicyclic amines) is 1. The van der Waals surface area contributed by atoms with Crippen LogP contribution in [0.4, 0.5) is 4.79 Å². The molecule has 0 aromatic heterocycles. The molecule has 1 fully saturated rings. The molecule has 1 aromatic rings. The fourth-order valence-electron chi connectivity index (χ4n) is 3.33. The van der Waals surface area contributed by atoms with E-state index in [0.29, 0.717) is 19.4 Å². The number of nitrogens with one attached hydrogen (secondary N) is 1. The van der Waals surface area contributed by atoms with E-state index < -0.39 is 35.2 Å². The number of carboxylic acid groups (broad SMARTS) is 1. The molecule has 8 nitrogen and oxygen atoms in total. The number of thioether (sulfide) groups is 1. The lowest BCUT2D eigenvalue weighted by Crippen LogP contribution is -2.52. The minimum absolute atomic E-state index is 0.162. The van der Waals surface area contributed by atoms with Crippen molar-refractivity contribution in [3.63, 3.8) is 0 Å². The van der Waals surface area contributed by atoms with E-state index >= 15 is 0 Å². The van der Waals surface area contributed by atoms with Gasteiger partial charge < -0.3 is 20.1 Å². The van der Waals surface area contributed by atoms with E-state index in [0.717, 1.165) is 17.3 Å². The van der Waals surface area contributed by atoms with E-state index in [2.05, 4.69) is 5.32 Å². The van der Waals surface area contributed by atoms with E-state index in [4.69, 9.17) is 4.74 Å². The van der Waals surface area contributed by atoms with Gasteiger partial charge in [-0.3, -0.25) is 9.59 Å². The lowest BCUT2D eigenvalue weighted by Gasteiger charge is -2.27. The standard InChI is InChI=1S/C21H28N2O6S/c1-3-29-21(28)30-13-14(2)19(25)23-11-7-10-17(23)18(24)22-16(20(26)27)12-15-8-5-4-6-9-15/h4-6,8-9,14,16-17H,3,7,10-13H2,1-2H3,(H,22,24)(H,26,27)/t14?,16-,17-/m0/s1. The van der Waals surface area contributed by atoms with E-state index in [9.17, 15) is 24.3 Å². The Morgan fingerprint density at radius 2 is 1.97 bits per heavy atom. The van der Waals surface area contributed by atoms with Gasteiger partial charge in [0.25, 0.3) is 0 Å². The first-order chi connectivity index (χ1) is 14.3. The zero-order valence-electron chi connectivity index (χ0n) is 17.2. The molecule has 164 valence electrons. The second kappa shape index (κ2) is 11.6. The molecule has 2 rings (SSSR count). The van der Waals surface area contributed by atoms with Gasteiger partial charge in [0.05, 0.1) is 6.61 Å². The number of aliphatic carboxylic acids is 1. The number of nitrogens with zero attached hydrogens (tertiary/aromatic N) is 1. The molecule has 0 aliphatic carbocycles. The lowest BCUT2D eigenvalue weighted by atomic mass is 10.1. The van der Waals surface area contributed by atoms with E-state index in [-0.39, 0.29) is 24.7 Å². The second-order valence-electron chi connectivity index (χ2n) is 7.17. The molecule has 2 N–H and O–H groups in total. The predicted octanol–water partition coefficient (Wildman–Crippen LogP) is 2.32. The average Bonchev–Trinajstić information content (AvgIpc) is 3.21. The highest BCUT2D eigenvalue weighted by Gasteiger charge is 2.37. The summed E-state index contributed by atoms with van der Waals surface area (Å²) in [4.78, 5) is 50.2. The Hall–Kier alpha value is -2.55. The summed E-state index contributed by atoms with van der Waals surface area (Å²) in [6.07, 6.45) is 1.31. The molecule has 1 aliphatic rings. The summed E-state index contributed by atoms with van der Waals surface area (Å²) in [6, 6.07) is 7.28. The van der Waals surface area contributed by atoms with Crippen molar-refractivity contribution < 1.29 is 29.0 Å². The Morgan fingerprint density at radius 1 is 1.27 bits per heavy atom. The maximum absolute atomic E-state index is 12.8. The Kier molecular flexibility index (Phi) is 9.16. The smallest absolute Gasteiger partial charge is 0.367 e. The van der Waals surface area contributed by atoms with Gasteiger partial charge in [0.15, 0.2) is 0 Å². The molecule has 30 heavy (non-hydrogen) atoms. The van der Waals surface area contributed by atoms with Gasteiger partial charge in [0.2, 0.25) is 11.8 Å². The summed E-state index contributed by atoms with van der Waals surface area (Å²) in [5.41, 5.74) is 0.800. The van der Waals surface area contributed by atoms with Crippen LogP contribution in [0.2, 0.25) is 0 Å². The van der Waals surface area contributed by atoms with Crippen LogP contribution in [0.3, 0.4) is 0 Å². The highest BCUT2D eigenvalue weighted by Crippen LogP contribution is 2.22. The third-order valence-electron chi connectivity index (χ3n) is 4.87. The highest BCUT2D eigenvalue weighted by atomic mass is 32.2. The van der Waals surface area contributed by atoms with Crippen molar-refractivity contribution in [2.75, 3.05) is 18.9 Å². The molecule has 0 radical (unpaired) electrons. The largest absolute Gasteiger partial charge is 0.480 e.